The number of piperazine rings is 1. The van der Waals surface area contributed by atoms with Crippen molar-refractivity contribution < 1.29 is 42.8 Å². The highest BCUT2D eigenvalue weighted by Crippen LogP contribution is 2.56. The van der Waals surface area contributed by atoms with Gasteiger partial charge in [0.25, 0.3) is 5.69 Å². The van der Waals surface area contributed by atoms with Crippen molar-refractivity contribution in [3.63, 3.8) is 0 Å². The van der Waals surface area contributed by atoms with Gasteiger partial charge < -0.3 is 38.7 Å². The minimum absolute atomic E-state index is 0.00696. The number of anilines is 3. The van der Waals surface area contributed by atoms with E-state index < -0.39 is 32.3 Å². The van der Waals surface area contributed by atoms with Gasteiger partial charge in [-0.05, 0) is 137 Å². The Hall–Kier alpha value is -5.45. The van der Waals surface area contributed by atoms with E-state index in [0.717, 1.165) is 72.2 Å². The van der Waals surface area contributed by atoms with Crippen LogP contribution in [0.5, 0.6) is 0 Å². The third-order valence-electron chi connectivity index (χ3n) is 14.5. The fourth-order valence-corrected chi connectivity index (χ4v) is 14.8. The standard InChI is InChI=1S/C55H63ClN6O10P2S/c1-38(2)61-39(3)52(55(63)64)53(54(61)41-12-15-44(56)16-13-41)43-8-7-9-47(35-43)59-30-28-58(29-31-59)45-17-19-46(20-18-45)60-32-33-71-73(60,67)49-21-14-42(51(36-49)62(65)66)34-40(37-75-50-10-5-4-6-11-50)22-25-57-26-23-48(24-27-57)72-74(68,69)70/h4-21,35-36,38,40,48H,22-34,37H2,1-3H3,(H,63,64)(H2,68,69,70)/t40-,73+/m0/s1. The average Bonchev–Trinajstić information content (AvgIpc) is 3.96. The molecule has 0 amide bonds. The van der Waals surface area contributed by atoms with Gasteiger partial charge in [0.05, 0.1) is 40.7 Å². The second-order valence-electron chi connectivity index (χ2n) is 19.7. The number of nitro groups is 1. The zero-order chi connectivity index (χ0) is 53.0. The predicted molar refractivity (Wildman–Crippen MR) is 298 cm³/mol. The van der Waals surface area contributed by atoms with Crippen molar-refractivity contribution in [2.75, 3.05) is 79.2 Å². The Morgan fingerprint density at radius 1 is 0.853 bits per heavy atom. The number of phosphoric acid groups is 1. The molecular formula is C55H63ClN6O10P2S. The molecule has 0 spiro atoms. The lowest BCUT2D eigenvalue weighted by Crippen LogP contribution is -2.46. The maximum atomic E-state index is 14.9. The van der Waals surface area contributed by atoms with E-state index in [1.54, 1.807) is 28.6 Å². The van der Waals surface area contributed by atoms with Gasteiger partial charge >= 0.3 is 21.3 Å². The molecule has 9 rings (SSSR count). The Morgan fingerprint density at radius 2 is 1.52 bits per heavy atom. The highest BCUT2D eigenvalue weighted by molar-refractivity contribution is 7.99. The van der Waals surface area contributed by atoms with Gasteiger partial charge in [0, 0.05) is 101 Å². The molecule has 5 aromatic carbocycles. The number of aromatic nitrogens is 1. The van der Waals surface area contributed by atoms with Gasteiger partial charge in [-0.1, -0.05) is 60.1 Å². The molecule has 3 aliphatic heterocycles. The highest BCUT2D eigenvalue weighted by Gasteiger charge is 2.41. The minimum atomic E-state index is -4.56. The molecular weight excluding hydrogens is 1030 g/mol. The Bertz CT molecular complexity index is 3090. The fourth-order valence-electron chi connectivity index (χ4n) is 10.8. The molecule has 0 bridgehead atoms. The normalized spacial score (nSPS) is 18.3. The SMILES string of the molecule is Cc1c(C(=O)O)c(-c2cccc(N3CCN(c4ccc(N5CCO[P@]5(=O)c5ccc(C[C@H](CCN6CCC(OP(=O)(O)O)CC6)CSc6ccccc6)c([N+](=O)[O-])c5)cc4)CC3)c2)c(-c2ccc(Cl)cc2)n1C(C)C. The Morgan fingerprint density at radius 3 is 2.16 bits per heavy atom. The first-order valence-corrected chi connectivity index (χ1v) is 29.8. The summed E-state index contributed by atoms with van der Waals surface area (Å²) in [5.41, 5.74) is 7.35. The summed E-state index contributed by atoms with van der Waals surface area (Å²) < 4.78 is 41.1. The van der Waals surface area contributed by atoms with Crippen LogP contribution in [0.3, 0.4) is 0 Å². The number of carbonyl (C=O) groups is 1. The number of rotatable bonds is 19. The van der Waals surface area contributed by atoms with Gasteiger partial charge in [-0.2, -0.15) is 0 Å². The van der Waals surface area contributed by atoms with E-state index in [-0.39, 0.29) is 35.1 Å². The molecule has 6 aromatic rings. The predicted octanol–water partition coefficient (Wildman–Crippen LogP) is 11.6. The van der Waals surface area contributed by atoms with Crippen LogP contribution in [0.1, 0.15) is 60.8 Å². The third-order valence-corrected chi connectivity index (χ3v) is 19.1. The zero-order valence-corrected chi connectivity index (χ0v) is 45.6. The molecule has 16 nitrogen and oxygen atoms in total. The number of hydrogen-bond donors (Lipinski definition) is 3. The second kappa shape index (κ2) is 23.4. The molecule has 0 unspecified atom stereocenters. The quantitative estimate of drug-likeness (QED) is 0.0300. The van der Waals surface area contributed by atoms with Crippen molar-refractivity contribution in [2.24, 2.45) is 5.92 Å². The van der Waals surface area contributed by atoms with E-state index >= 15 is 0 Å². The van der Waals surface area contributed by atoms with E-state index in [2.05, 4.69) is 45.2 Å². The summed E-state index contributed by atoms with van der Waals surface area (Å²) in [6.45, 7) is 11.4. The van der Waals surface area contributed by atoms with E-state index in [1.165, 1.54) is 6.07 Å². The molecule has 0 radical (unpaired) electrons. The topological polar surface area (TPSA) is 191 Å². The molecule has 3 fully saturated rings. The van der Waals surface area contributed by atoms with Crippen LogP contribution in [-0.2, 0) is 24.6 Å². The summed E-state index contributed by atoms with van der Waals surface area (Å²) in [5.74, 6) is -0.211. The van der Waals surface area contributed by atoms with E-state index in [9.17, 15) is 38.9 Å². The molecule has 3 N–H and O–H groups in total. The summed E-state index contributed by atoms with van der Waals surface area (Å²) in [6.07, 6.45) is 1.68. The van der Waals surface area contributed by atoms with Gasteiger partial charge in [0.1, 0.15) is 0 Å². The lowest BCUT2D eigenvalue weighted by atomic mass is 9.96. The van der Waals surface area contributed by atoms with Gasteiger partial charge in [-0.25, -0.2) is 9.36 Å². The van der Waals surface area contributed by atoms with Crippen molar-refractivity contribution in [1.29, 1.82) is 0 Å². The number of halogens is 1. The lowest BCUT2D eigenvalue weighted by molar-refractivity contribution is -0.385. The van der Waals surface area contributed by atoms with Crippen LogP contribution in [0.15, 0.2) is 126 Å². The molecule has 396 valence electrons. The Balaban J connectivity index is 0.873. The Kier molecular flexibility index (Phi) is 17.0. The summed E-state index contributed by atoms with van der Waals surface area (Å²) in [6, 6.07) is 38.4. The second-order valence-corrected chi connectivity index (χ2v) is 24.7. The molecule has 1 aromatic heterocycles. The molecule has 0 saturated carbocycles. The van der Waals surface area contributed by atoms with Gasteiger partial charge in [-0.15, -0.1) is 11.8 Å². The number of carboxylic acids is 1. The van der Waals surface area contributed by atoms with E-state index in [1.807, 2.05) is 97.9 Å². The van der Waals surface area contributed by atoms with Crippen LogP contribution in [-0.4, -0.2) is 106 Å². The maximum absolute atomic E-state index is 14.9. The van der Waals surface area contributed by atoms with Crippen LogP contribution in [0.25, 0.3) is 22.4 Å². The van der Waals surface area contributed by atoms with Gasteiger partial charge in [-0.3, -0.25) is 23.9 Å². The van der Waals surface area contributed by atoms with Crippen molar-refractivity contribution in [1.82, 2.24) is 9.47 Å². The van der Waals surface area contributed by atoms with Crippen LogP contribution in [0.4, 0.5) is 22.7 Å². The first-order chi connectivity index (χ1) is 36.0. The number of nitro benzene ring substituents is 1. The number of likely N-dealkylation sites (tertiary alicyclic amines) is 1. The monoisotopic (exact) mass is 1100 g/mol. The molecule has 3 aliphatic rings. The summed E-state index contributed by atoms with van der Waals surface area (Å²) in [4.78, 5) is 51.8. The van der Waals surface area contributed by atoms with Crippen LogP contribution in [0.2, 0.25) is 5.02 Å². The number of aromatic carboxylic acids is 1. The third kappa shape index (κ3) is 12.5. The van der Waals surface area contributed by atoms with Gasteiger partial charge in [0.15, 0.2) is 0 Å². The lowest BCUT2D eigenvalue weighted by Gasteiger charge is -2.37. The van der Waals surface area contributed by atoms with Crippen LogP contribution >= 0.6 is 38.7 Å². The van der Waals surface area contributed by atoms with Crippen LogP contribution < -0.4 is 19.8 Å². The summed E-state index contributed by atoms with van der Waals surface area (Å²) in [7, 11) is -8.30. The Labute approximate surface area is 447 Å². The molecule has 0 aliphatic carbocycles. The van der Waals surface area contributed by atoms with Crippen molar-refractivity contribution in [3.05, 3.63) is 153 Å². The molecule has 3 saturated heterocycles. The molecule has 4 heterocycles. The molecule has 2 atom stereocenters. The highest BCUT2D eigenvalue weighted by atomic mass is 35.5. The van der Waals surface area contributed by atoms with E-state index in [4.69, 9.17) is 20.6 Å². The molecule has 20 heteroatoms. The number of nitrogens with zero attached hydrogens (tertiary/aromatic N) is 6. The average molecular weight is 1100 g/mol. The van der Waals surface area contributed by atoms with Crippen molar-refractivity contribution in [2.45, 2.75) is 63.5 Å². The molecule has 75 heavy (non-hydrogen) atoms. The maximum Gasteiger partial charge on any atom is 0.469 e. The van der Waals surface area contributed by atoms with Crippen molar-refractivity contribution in [3.8, 4) is 22.4 Å². The number of thioether (sulfide) groups is 1. The number of carboxylic acid groups (broad SMARTS) is 1. The van der Waals surface area contributed by atoms with E-state index in [0.29, 0.717) is 72.2 Å². The summed E-state index contributed by atoms with van der Waals surface area (Å²) in [5, 5.41) is 24.2. The fraction of sp³-hybridized carbons (Fsp3) is 0.364. The number of hydrogen-bond acceptors (Lipinski definition) is 11. The first-order valence-electron chi connectivity index (χ1n) is 25.3. The van der Waals surface area contributed by atoms with Crippen molar-refractivity contribution >= 4 is 72.7 Å². The first kappa shape index (κ1) is 54.3. The number of phosphoric ester groups is 1. The summed E-state index contributed by atoms with van der Waals surface area (Å²) >= 11 is 7.98. The minimum Gasteiger partial charge on any atom is -0.478 e. The smallest absolute Gasteiger partial charge is 0.469 e. The number of benzene rings is 5. The van der Waals surface area contributed by atoms with Crippen LogP contribution in [0, 0.1) is 23.0 Å². The zero-order valence-electron chi connectivity index (χ0n) is 42.2. The van der Waals surface area contributed by atoms with Gasteiger partial charge in [0.2, 0.25) is 0 Å². The largest absolute Gasteiger partial charge is 0.478 e. The number of piperidine rings is 1.